The van der Waals surface area contributed by atoms with Crippen molar-refractivity contribution in [2.45, 2.75) is 13.5 Å². The second-order valence-electron chi connectivity index (χ2n) is 3.55. The standard InChI is InChI=1S/C11H14N4O/c1-7-5-14-11(16-7)15-6-8-3-2-4-9(12)10(8)13/h2-5H,6,12-13H2,1H3,(H,14,15). The van der Waals surface area contributed by atoms with E-state index in [4.69, 9.17) is 15.9 Å². The summed E-state index contributed by atoms with van der Waals surface area (Å²) in [5.41, 5.74) is 13.6. The molecule has 2 rings (SSSR count). The average Bonchev–Trinajstić information content (AvgIpc) is 2.67. The fraction of sp³-hybridized carbons (Fsp3) is 0.182. The highest BCUT2D eigenvalue weighted by Crippen LogP contribution is 2.20. The number of hydrogen-bond donors (Lipinski definition) is 3. The van der Waals surface area contributed by atoms with Crippen LogP contribution in [0.3, 0.4) is 0 Å². The van der Waals surface area contributed by atoms with Crippen molar-refractivity contribution in [3.63, 3.8) is 0 Å². The lowest BCUT2D eigenvalue weighted by Gasteiger charge is -2.07. The summed E-state index contributed by atoms with van der Waals surface area (Å²) in [6.07, 6.45) is 1.66. The Morgan fingerprint density at radius 3 is 2.88 bits per heavy atom. The van der Waals surface area contributed by atoms with Crippen molar-refractivity contribution in [2.24, 2.45) is 0 Å². The van der Waals surface area contributed by atoms with E-state index in [2.05, 4.69) is 10.3 Å². The van der Waals surface area contributed by atoms with Gasteiger partial charge >= 0.3 is 0 Å². The molecule has 0 aliphatic heterocycles. The quantitative estimate of drug-likeness (QED) is 0.683. The molecule has 0 saturated heterocycles. The molecular formula is C11H14N4O. The first-order valence-corrected chi connectivity index (χ1v) is 4.96. The zero-order chi connectivity index (χ0) is 11.5. The normalized spacial score (nSPS) is 10.3. The number of aromatic nitrogens is 1. The second-order valence-corrected chi connectivity index (χ2v) is 3.55. The van der Waals surface area contributed by atoms with Gasteiger partial charge in [-0.15, -0.1) is 0 Å². The molecule has 0 radical (unpaired) electrons. The molecule has 0 aliphatic carbocycles. The van der Waals surface area contributed by atoms with Gasteiger partial charge in [-0.05, 0) is 18.6 Å². The Morgan fingerprint density at radius 2 is 2.19 bits per heavy atom. The molecule has 0 bridgehead atoms. The van der Waals surface area contributed by atoms with Gasteiger partial charge in [0.2, 0.25) is 0 Å². The monoisotopic (exact) mass is 218 g/mol. The van der Waals surface area contributed by atoms with Crippen LogP contribution in [0, 0.1) is 6.92 Å². The summed E-state index contributed by atoms with van der Waals surface area (Å²) in [6.45, 7) is 2.38. The van der Waals surface area contributed by atoms with Crippen LogP contribution in [0.15, 0.2) is 28.8 Å². The van der Waals surface area contributed by atoms with E-state index in [0.717, 1.165) is 11.3 Å². The molecule has 0 spiro atoms. The molecule has 5 heteroatoms. The summed E-state index contributed by atoms with van der Waals surface area (Å²) in [5, 5.41) is 3.04. The van der Waals surface area contributed by atoms with Gasteiger partial charge in [-0.2, -0.15) is 0 Å². The van der Waals surface area contributed by atoms with Crippen LogP contribution in [0.25, 0.3) is 0 Å². The summed E-state index contributed by atoms with van der Waals surface area (Å²) >= 11 is 0. The van der Waals surface area contributed by atoms with Crippen molar-refractivity contribution in [1.29, 1.82) is 0 Å². The lowest BCUT2D eigenvalue weighted by molar-refractivity contribution is 0.540. The van der Waals surface area contributed by atoms with Gasteiger partial charge in [0.25, 0.3) is 6.01 Å². The van der Waals surface area contributed by atoms with Crippen LogP contribution in [0.1, 0.15) is 11.3 Å². The minimum atomic E-state index is 0.485. The number of rotatable bonds is 3. The highest BCUT2D eigenvalue weighted by molar-refractivity contribution is 5.67. The number of benzene rings is 1. The summed E-state index contributed by atoms with van der Waals surface area (Å²) in [6, 6.07) is 6.03. The van der Waals surface area contributed by atoms with Gasteiger partial charge in [0.15, 0.2) is 0 Å². The van der Waals surface area contributed by atoms with Crippen molar-refractivity contribution >= 4 is 17.4 Å². The third-order valence-electron chi connectivity index (χ3n) is 2.28. The van der Waals surface area contributed by atoms with E-state index in [9.17, 15) is 0 Å². The van der Waals surface area contributed by atoms with Crippen LogP contribution >= 0.6 is 0 Å². The molecule has 0 unspecified atom stereocenters. The van der Waals surface area contributed by atoms with E-state index >= 15 is 0 Å². The summed E-state index contributed by atoms with van der Waals surface area (Å²) in [4.78, 5) is 4.03. The van der Waals surface area contributed by atoms with E-state index in [1.807, 2.05) is 19.1 Å². The molecule has 84 valence electrons. The topological polar surface area (TPSA) is 90.1 Å². The Balaban J connectivity index is 2.07. The van der Waals surface area contributed by atoms with Gasteiger partial charge in [-0.1, -0.05) is 12.1 Å². The summed E-state index contributed by atoms with van der Waals surface area (Å²) in [7, 11) is 0. The van der Waals surface area contributed by atoms with Crippen LogP contribution in [0.2, 0.25) is 0 Å². The Labute approximate surface area is 93.5 Å². The maximum atomic E-state index is 5.84. The van der Waals surface area contributed by atoms with Gasteiger partial charge in [-0.25, -0.2) is 4.98 Å². The van der Waals surface area contributed by atoms with E-state index in [1.165, 1.54) is 0 Å². The number of para-hydroxylation sites is 1. The van der Waals surface area contributed by atoms with Gasteiger partial charge in [0, 0.05) is 6.54 Å². The predicted octanol–water partition coefficient (Wildman–Crippen LogP) is 1.76. The second kappa shape index (κ2) is 4.14. The SMILES string of the molecule is Cc1cnc(NCc2cccc(N)c2N)o1. The third-order valence-corrected chi connectivity index (χ3v) is 2.28. The Morgan fingerprint density at radius 1 is 1.38 bits per heavy atom. The maximum Gasteiger partial charge on any atom is 0.294 e. The molecule has 5 N–H and O–H groups in total. The first-order valence-electron chi connectivity index (χ1n) is 4.96. The van der Waals surface area contributed by atoms with Crippen molar-refractivity contribution in [2.75, 3.05) is 16.8 Å². The largest absolute Gasteiger partial charge is 0.429 e. The lowest BCUT2D eigenvalue weighted by atomic mass is 10.1. The van der Waals surface area contributed by atoms with E-state index in [-0.39, 0.29) is 0 Å². The van der Waals surface area contributed by atoms with Crippen molar-refractivity contribution in [3.05, 3.63) is 35.7 Å². The number of aryl methyl sites for hydroxylation is 1. The summed E-state index contributed by atoms with van der Waals surface area (Å²) < 4.78 is 5.28. The molecular weight excluding hydrogens is 204 g/mol. The van der Waals surface area contributed by atoms with Gasteiger partial charge < -0.3 is 21.2 Å². The number of nitrogens with zero attached hydrogens (tertiary/aromatic N) is 1. The number of oxazole rings is 1. The van der Waals surface area contributed by atoms with E-state index in [0.29, 0.717) is 23.9 Å². The van der Waals surface area contributed by atoms with Gasteiger partial charge in [-0.3, -0.25) is 0 Å². The number of hydrogen-bond acceptors (Lipinski definition) is 5. The molecule has 1 aromatic carbocycles. The summed E-state index contributed by atoms with van der Waals surface area (Å²) in [5.74, 6) is 0.767. The van der Waals surface area contributed by atoms with Crippen LogP contribution < -0.4 is 16.8 Å². The predicted molar refractivity (Wildman–Crippen MR) is 63.8 cm³/mol. The van der Waals surface area contributed by atoms with Crippen molar-refractivity contribution in [1.82, 2.24) is 4.98 Å². The van der Waals surface area contributed by atoms with Crippen molar-refractivity contribution in [3.8, 4) is 0 Å². The Hall–Kier alpha value is -2.17. The number of anilines is 3. The number of nitrogens with two attached hydrogens (primary N) is 2. The number of nitrogens with one attached hydrogen (secondary N) is 1. The molecule has 1 heterocycles. The van der Waals surface area contributed by atoms with Gasteiger partial charge in [0.05, 0.1) is 17.6 Å². The molecule has 0 fully saturated rings. The lowest BCUT2D eigenvalue weighted by Crippen LogP contribution is -2.05. The molecule has 16 heavy (non-hydrogen) atoms. The zero-order valence-electron chi connectivity index (χ0n) is 9.03. The maximum absolute atomic E-state index is 5.84. The highest BCUT2D eigenvalue weighted by atomic mass is 16.4. The van der Waals surface area contributed by atoms with E-state index in [1.54, 1.807) is 12.3 Å². The molecule has 1 aromatic heterocycles. The zero-order valence-corrected chi connectivity index (χ0v) is 9.03. The molecule has 0 amide bonds. The van der Waals surface area contributed by atoms with Gasteiger partial charge in [0.1, 0.15) is 5.76 Å². The molecule has 5 nitrogen and oxygen atoms in total. The fourth-order valence-electron chi connectivity index (χ4n) is 1.39. The third kappa shape index (κ3) is 2.08. The highest BCUT2D eigenvalue weighted by Gasteiger charge is 2.04. The smallest absolute Gasteiger partial charge is 0.294 e. The molecule has 2 aromatic rings. The van der Waals surface area contributed by atoms with Crippen molar-refractivity contribution < 1.29 is 4.42 Å². The molecule has 0 atom stereocenters. The first kappa shape index (κ1) is 10.4. The van der Waals surface area contributed by atoms with Crippen LogP contribution in [-0.2, 0) is 6.54 Å². The molecule has 0 saturated carbocycles. The van der Waals surface area contributed by atoms with E-state index < -0.39 is 0 Å². The minimum Gasteiger partial charge on any atom is -0.429 e. The van der Waals surface area contributed by atoms with Crippen LogP contribution in [0.4, 0.5) is 17.4 Å². The first-order chi connectivity index (χ1) is 7.66. The van der Waals surface area contributed by atoms with Crippen LogP contribution in [0.5, 0.6) is 0 Å². The number of nitrogen functional groups attached to an aromatic ring is 2. The minimum absolute atomic E-state index is 0.485. The Kier molecular flexibility index (Phi) is 2.68. The molecule has 0 aliphatic rings. The average molecular weight is 218 g/mol. The van der Waals surface area contributed by atoms with Crippen LogP contribution in [-0.4, -0.2) is 4.98 Å². The Bertz CT molecular complexity index is 492. The fourth-order valence-corrected chi connectivity index (χ4v) is 1.39.